The lowest BCUT2D eigenvalue weighted by molar-refractivity contribution is 0.00115. The summed E-state index contributed by atoms with van der Waals surface area (Å²) in [6, 6.07) is 6.29. The average molecular weight is 300 g/mol. The van der Waals surface area contributed by atoms with Crippen molar-refractivity contribution in [3.05, 3.63) is 35.4 Å². The lowest BCUT2D eigenvalue weighted by Gasteiger charge is -2.31. The molecule has 1 aromatic rings. The zero-order valence-electron chi connectivity index (χ0n) is 12.4. The van der Waals surface area contributed by atoms with Gasteiger partial charge in [0.05, 0.1) is 11.1 Å². The van der Waals surface area contributed by atoms with E-state index in [1.54, 1.807) is 12.1 Å². The molecule has 0 aliphatic heterocycles. The van der Waals surface area contributed by atoms with Crippen LogP contribution in [0.2, 0.25) is 0 Å². The number of aromatic carboxylic acids is 1. The summed E-state index contributed by atoms with van der Waals surface area (Å²) in [6.07, 6.45) is 6.06. The number of carbonyl (C=O) groups excluding carboxylic acids is 1. The molecule has 5 atom stereocenters. The van der Waals surface area contributed by atoms with Crippen LogP contribution in [0.5, 0.6) is 0 Å². The molecule has 0 amide bonds. The van der Waals surface area contributed by atoms with Gasteiger partial charge in [-0.2, -0.15) is 0 Å². The number of benzene rings is 1. The maximum atomic E-state index is 12.4. The highest BCUT2D eigenvalue weighted by molar-refractivity contribution is 6.02. The molecule has 4 rings (SSSR count). The van der Waals surface area contributed by atoms with E-state index in [2.05, 4.69) is 0 Å². The predicted octanol–water partition coefficient (Wildman–Crippen LogP) is 3.37. The van der Waals surface area contributed by atoms with Crippen molar-refractivity contribution < 1.29 is 19.4 Å². The zero-order valence-corrected chi connectivity index (χ0v) is 12.4. The third-order valence-electron chi connectivity index (χ3n) is 6.00. The van der Waals surface area contributed by atoms with E-state index >= 15 is 0 Å². The number of rotatable bonds is 3. The van der Waals surface area contributed by atoms with Crippen molar-refractivity contribution in [1.82, 2.24) is 0 Å². The highest BCUT2D eigenvalue weighted by Gasteiger charge is 2.55. The van der Waals surface area contributed by atoms with Crippen molar-refractivity contribution in [2.24, 2.45) is 23.7 Å². The summed E-state index contributed by atoms with van der Waals surface area (Å²) in [5, 5.41) is 9.20. The van der Waals surface area contributed by atoms with Crippen LogP contribution >= 0.6 is 0 Å². The lowest BCUT2D eigenvalue weighted by atomic mass is 9.80. The first-order chi connectivity index (χ1) is 10.6. The number of ether oxygens (including phenoxy) is 1. The van der Waals surface area contributed by atoms with Gasteiger partial charge in [0.2, 0.25) is 0 Å². The molecule has 0 aromatic heterocycles. The maximum Gasteiger partial charge on any atom is 0.339 e. The highest BCUT2D eigenvalue weighted by atomic mass is 16.5. The Balaban J connectivity index is 1.51. The summed E-state index contributed by atoms with van der Waals surface area (Å²) >= 11 is 0. The van der Waals surface area contributed by atoms with Gasteiger partial charge in [-0.3, -0.25) is 0 Å². The molecular formula is C18H20O4. The van der Waals surface area contributed by atoms with Crippen molar-refractivity contribution >= 4 is 11.9 Å². The normalized spacial score (nSPS) is 35.4. The fraction of sp³-hybridized carbons (Fsp3) is 0.556. The van der Waals surface area contributed by atoms with Gasteiger partial charge < -0.3 is 9.84 Å². The van der Waals surface area contributed by atoms with E-state index in [1.807, 2.05) is 0 Å². The fourth-order valence-corrected chi connectivity index (χ4v) is 5.19. The molecule has 1 aromatic carbocycles. The standard InChI is InChI=1S/C18H20O4/c19-17(20)13-4-1-2-5-14(13)18(21)22-16-9-10-8-15(16)12-7-3-6-11(10)12/h1-2,4-5,10-12,15-16H,3,6-9H2,(H,19,20)/t10-,11-,12-,15+,16-/m1/s1. The van der Waals surface area contributed by atoms with E-state index < -0.39 is 11.9 Å². The van der Waals surface area contributed by atoms with Crippen molar-refractivity contribution in [3.8, 4) is 0 Å². The summed E-state index contributed by atoms with van der Waals surface area (Å²) in [7, 11) is 0. The largest absolute Gasteiger partial charge is 0.478 e. The third kappa shape index (κ3) is 2.04. The van der Waals surface area contributed by atoms with Crippen molar-refractivity contribution in [2.75, 3.05) is 0 Å². The van der Waals surface area contributed by atoms with Crippen LogP contribution in [0.1, 0.15) is 52.8 Å². The summed E-state index contributed by atoms with van der Waals surface area (Å²) in [5.74, 6) is 1.22. The van der Waals surface area contributed by atoms with Crippen LogP contribution in [0.3, 0.4) is 0 Å². The Morgan fingerprint density at radius 1 is 1.00 bits per heavy atom. The Kier molecular flexibility index (Phi) is 3.21. The molecule has 0 heterocycles. The maximum absolute atomic E-state index is 12.4. The summed E-state index contributed by atoms with van der Waals surface area (Å²) in [5.41, 5.74) is 0.190. The summed E-state index contributed by atoms with van der Waals surface area (Å²) in [4.78, 5) is 23.6. The number of carboxylic acid groups (broad SMARTS) is 1. The van der Waals surface area contributed by atoms with Gasteiger partial charge >= 0.3 is 11.9 Å². The Hall–Kier alpha value is -1.84. The topological polar surface area (TPSA) is 63.6 Å². The first kappa shape index (κ1) is 13.8. The Morgan fingerprint density at radius 3 is 2.50 bits per heavy atom. The van der Waals surface area contributed by atoms with Gasteiger partial charge in [-0.25, -0.2) is 9.59 Å². The molecule has 3 aliphatic carbocycles. The van der Waals surface area contributed by atoms with Crippen LogP contribution in [-0.2, 0) is 4.74 Å². The minimum Gasteiger partial charge on any atom is -0.478 e. The zero-order chi connectivity index (χ0) is 15.3. The van der Waals surface area contributed by atoms with Crippen LogP contribution in [0.4, 0.5) is 0 Å². The minimum atomic E-state index is -1.09. The Morgan fingerprint density at radius 2 is 1.73 bits per heavy atom. The van der Waals surface area contributed by atoms with Gasteiger partial charge in [0, 0.05) is 0 Å². The number of hydrogen-bond acceptors (Lipinski definition) is 3. The van der Waals surface area contributed by atoms with Crippen LogP contribution in [0.15, 0.2) is 24.3 Å². The number of carbonyl (C=O) groups is 2. The van der Waals surface area contributed by atoms with Gasteiger partial charge in [-0.05, 0) is 61.5 Å². The quantitative estimate of drug-likeness (QED) is 0.869. The molecule has 0 spiro atoms. The number of fused-ring (bicyclic) bond motifs is 5. The molecular weight excluding hydrogens is 280 g/mol. The lowest BCUT2D eigenvalue weighted by Crippen LogP contribution is -2.32. The van der Waals surface area contributed by atoms with Crippen molar-refractivity contribution in [2.45, 2.75) is 38.2 Å². The van der Waals surface area contributed by atoms with E-state index in [1.165, 1.54) is 37.8 Å². The van der Waals surface area contributed by atoms with Crippen LogP contribution in [0, 0.1) is 23.7 Å². The number of hydrogen-bond donors (Lipinski definition) is 1. The molecule has 3 fully saturated rings. The van der Waals surface area contributed by atoms with Gasteiger partial charge in [-0.15, -0.1) is 0 Å². The molecule has 4 heteroatoms. The molecule has 3 saturated carbocycles. The van der Waals surface area contributed by atoms with Gasteiger partial charge in [0.25, 0.3) is 0 Å². The van der Waals surface area contributed by atoms with E-state index in [0.29, 0.717) is 11.8 Å². The Labute approximate surface area is 129 Å². The third-order valence-corrected chi connectivity index (χ3v) is 6.00. The van der Waals surface area contributed by atoms with E-state index in [9.17, 15) is 14.7 Å². The van der Waals surface area contributed by atoms with Crippen LogP contribution in [0.25, 0.3) is 0 Å². The minimum absolute atomic E-state index is 0.0151. The second-order valence-electron chi connectivity index (χ2n) is 6.95. The highest BCUT2D eigenvalue weighted by Crippen LogP contribution is 2.59. The summed E-state index contributed by atoms with van der Waals surface area (Å²) in [6.45, 7) is 0. The molecule has 3 aliphatic rings. The molecule has 0 saturated heterocycles. The molecule has 0 radical (unpaired) electrons. The Bertz CT molecular complexity index is 623. The van der Waals surface area contributed by atoms with Gasteiger partial charge in [0.15, 0.2) is 0 Å². The molecule has 116 valence electrons. The molecule has 2 bridgehead atoms. The predicted molar refractivity (Wildman–Crippen MR) is 79.6 cm³/mol. The second kappa shape index (κ2) is 5.11. The summed E-state index contributed by atoms with van der Waals surface area (Å²) < 4.78 is 5.73. The van der Waals surface area contributed by atoms with Crippen LogP contribution in [-0.4, -0.2) is 23.1 Å². The smallest absolute Gasteiger partial charge is 0.339 e. The van der Waals surface area contributed by atoms with E-state index in [4.69, 9.17) is 4.74 Å². The molecule has 4 nitrogen and oxygen atoms in total. The number of esters is 1. The monoisotopic (exact) mass is 300 g/mol. The van der Waals surface area contributed by atoms with Gasteiger partial charge in [0.1, 0.15) is 6.10 Å². The molecule has 1 N–H and O–H groups in total. The second-order valence-corrected chi connectivity index (χ2v) is 6.95. The fourth-order valence-electron chi connectivity index (χ4n) is 5.19. The van der Waals surface area contributed by atoms with Crippen LogP contribution < -0.4 is 0 Å². The molecule has 0 unspecified atom stereocenters. The van der Waals surface area contributed by atoms with E-state index in [-0.39, 0.29) is 17.2 Å². The molecule has 22 heavy (non-hydrogen) atoms. The van der Waals surface area contributed by atoms with Gasteiger partial charge in [-0.1, -0.05) is 18.6 Å². The first-order valence-corrected chi connectivity index (χ1v) is 8.18. The first-order valence-electron chi connectivity index (χ1n) is 8.18. The van der Waals surface area contributed by atoms with E-state index in [0.717, 1.165) is 18.3 Å². The van der Waals surface area contributed by atoms with Crippen molar-refractivity contribution in [3.63, 3.8) is 0 Å². The average Bonchev–Trinajstić information content (AvgIpc) is 3.19. The number of carboxylic acids is 1. The SMILES string of the molecule is O=C(O)c1ccccc1C(=O)O[C@@H]1C[C@H]2C[C@H]1[C@@H]1CCC[C@H]21. The van der Waals surface area contributed by atoms with Crippen molar-refractivity contribution in [1.29, 1.82) is 0 Å².